The van der Waals surface area contributed by atoms with Gasteiger partial charge < -0.3 is 9.64 Å². The summed E-state index contributed by atoms with van der Waals surface area (Å²) < 4.78 is 4.66. The van der Waals surface area contributed by atoms with Crippen LogP contribution in [-0.2, 0) is 22.5 Å². The molecule has 0 unspecified atom stereocenters. The van der Waals surface area contributed by atoms with Gasteiger partial charge in [0, 0.05) is 19.7 Å². The van der Waals surface area contributed by atoms with Gasteiger partial charge in [-0.15, -0.1) is 0 Å². The van der Waals surface area contributed by atoms with Gasteiger partial charge in [0.15, 0.2) is 0 Å². The van der Waals surface area contributed by atoms with E-state index in [2.05, 4.69) is 35.9 Å². The fourth-order valence-electron chi connectivity index (χ4n) is 2.38. The molecule has 0 N–H and O–H groups in total. The first-order chi connectivity index (χ1) is 12.0. The number of hydrogen-bond acceptors (Lipinski definition) is 3. The number of methoxy groups -OCH3 is 1. The van der Waals surface area contributed by atoms with Gasteiger partial charge in [-0.05, 0) is 41.3 Å². The van der Waals surface area contributed by atoms with Gasteiger partial charge >= 0.3 is 5.97 Å². The van der Waals surface area contributed by atoms with Crippen molar-refractivity contribution in [2.75, 3.05) is 14.2 Å². The number of hydrogen-bond donors (Lipinski definition) is 0. The van der Waals surface area contributed by atoms with Crippen molar-refractivity contribution in [3.8, 4) is 0 Å². The summed E-state index contributed by atoms with van der Waals surface area (Å²) >= 11 is 0. The number of ether oxygens (including phenoxy) is 1. The lowest BCUT2D eigenvalue weighted by Gasteiger charge is -2.15. The molecule has 0 saturated carbocycles. The summed E-state index contributed by atoms with van der Waals surface area (Å²) in [7, 11) is 3.13. The van der Waals surface area contributed by atoms with Crippen molar-refractivity contribution in [1.29, 1.82) is 0 Å². The molecule has 0 heterocycles. The van der Waals surface area contributed by atoms with E-state index >= 15 is 0 Å². The van der Waals surface area contributed by atoms with Crippen LogP contribution in [0.25, 0.3) is 6.08 Å². The second-order valence-corrected chi connectivity index (χ2v) is 5.81. The van der Waals surface area contributed by atoms with E-state index in [9.17, 15) is 9.59 Å². The molecule has 0 aliphatic heterocycles. The predicted molar refractivity (Wildman–Crippen MR) is 99.1 cm³/mol. The lowest BCUT2D eigenvalue weighted by atomic mass is 10.1. The molecule has 0 aliphatic carbocycles. The minimum Gasteiger partial charge on any atom is -0.465 e. The summed E-state index contributed by atoms with van der Waals surface area (Å²) in [6, 6.07) is 15.2. The molecule has 0 radical (unpaired) electrons. The van der Waals surface area contributed by atoms with Gasteiger partial charge in [-0.25, -0.2) is 4.79 Å². The lowest BCUT2D eigenvalue weighted by Crippen LogP contribution is -2.24. The Balaban J connectivity index is 1.95. The lowest BCUT2D eigenvalue weighted by molar-refractivity contribution is -0.125. The monoisotopic (exact) mass is 337 g/mol. The molecule has 2 aromatic rings. The van der Waals surface area contributed by atoms with Crippen LogP contribution in [0.3, 0.4) is 0 Å². The highest BCUT2D eigenvalue weighted by atomic mass is 16.5. The van der Waals surface area contributed by atoms with Crippen LogP contribution in [0, 0.1) is 0 Å². The first-order valence-corrected chi connectivity index (χ1v) is 8.23. The quantitative estimate of drug-likeness (QED) is 0.596. The summed E-state index contributed by atoms with van der Waals surface area (Å²) in [4.78, 5) is 25.3. The Morgan fingerprint density at radius 3 is 2.16 bits per heavy atom. The first-order valence-electron chi connectivity index (χ1n) is 8.23. The smallest absolute Gasteiger partial charge is 0.337 e. The largest absolute Gasteiger partial charge is 0.465 e. The van der Waals surface area contributed by atoms with Crippen molar-refractivity contribution in [2.45, 2.75) is 19.9 Å². The van der Waals surface area contributed by atoms with Gasteiger partial charge in [0.25, 0.3) is 0 Å². The number of aryl methyl sites for hydroxylation is 1. The van der Waals surface area contributed by atoms with E-state index in [0.717, 1.165) is 17.5 Å². The fraction of sp³-hybridized carbons (Fsp3) is 0.238. The van der Waals surface area contributed by atoms with Gasteiger partial charge in [-0.2, -0.15) is 0 Å². The van der Waals surface area contributed by atoms with Crippen molar-refractivity contribution in [2.24, 2.45) is 0 Å². The van der Waals surface area contributed by atoms with Crippen LogP contribution in [-0.4, -0.2) is 30.9 Å². The fourth-order valence-corrected chi connectivity index (χ4v) is 2.38. The molecule has 0 aliphatic rings. The highest BCUT2D eigenvalue weighted by molar-refractivity contribution is 5.92. The van der Waals surface area contributed by atoms with Crippen LogP contribution in [0.5, 0.6) is 0 Å². The van der Waals surface area contributed by atoms with E-state index in [0.29, 0.717) is 12.1 Å². The number of rotatable bonds is 6. The maximum atomic E-state index is 12.2. The second kappa shape index (κ2) is 8.83. The number of esters is 1. The van der Waals surface area contributed by atoms with Gasteiger partial charge in [0.2, 0.25) is 5.91 Å². The molecular formula is C21H23NO3. The molecule has 4 heteroatoms. The van der Waals surface area contributed by atoms with Crippen molar-refractivity contribution in [3.63, 3.8) is 0 Å². The van der Waals surface area contributed by atoms with Crippen LogP contribution in [0.2, 0.25) is 0 Å². The molecule has 0 bridgehead atoms. The molecule has 0 fully saturated rings. The second-order valence-electron chi connectivity index (χ2n) is 5.81. The third-order valence-corrected chi connectivity index (χ3v) is 3.98. The Labute approximate surface area is 148 Å². The number of benzene rings is 2. The summed E-state index contributed by atoms with van der Waals surface area (Å²) in [6.45, 7) is 2.68. The average molecular weight is 337 g/mol. The maximum absolute atomic E-state index is 12.2. The standard InChI is InChI=1S/C21H23NO3/c1-4-16-5-7-18(8-6-16)15-22(2)20(23)14-11-17-9-12-19(13-10-17)21(24)25-3/h5-14H,4,15H2,1-3H3. The summed E-state index contributed by atoms with van der Waals surface area (Å²) in [5.74, 6) is -0.447. The number of likely N-dealkylation sites (N-methyl/N-ethyl adjacent to an activating group) is 1. The van der Waals surface area contributed by atoms with Gasteiger partial charge in [0.1, 0.15) is 0 Å². The molecule has 1 amide bonds. The summed E-state index contributed by atoms with van der Waals surface area (Å²) in [6.07, 6.45) is 4.28. The summed E-state index contributed by atoms with van der Waals surface area (Å²) in [5.41, 5.74) is 3.72. The van der Waals surface area contributed by atoms with Crippen LogP contribution < -0.4 is 0 Å². The zero-order valence-electron chi connectivity index (χ0n) is 14.9. The van der Waals surface area contributed by atoms with Crippen molar-refractivity contribution >= 4 is 18.0 Å². The van der Waals surface area contributed by atoms with Crippen LogP contribution >= 0.6 is 0 Å². The third kappa shape index (κ3) is 5.31. The summed E-state index contributed by atoms with van der Waals surface area (Å²) in [5, 5.41) is 0. The average Bonchev–Trinajstić information content (AvgIpc) is 2.66. The van der Waals surface area contributed by atoms with Crippen LogP contribution in [0.15, 0.2) is 54.6 Å². The maximum Gasteiger partial charge on any atom is 0.337 e. The highest BCUT2D eigenvalue weighted by Gasteiger charge is 2.06. The van der Waals surface area contributed by atoms with Gasteiger partial charge in [-0.3, -0.25) is 4.79 Å². The Kier molecular flexibility index (Phi) is 6.52. The molecule has 2 aromatic carbocycles. The minimum atomic E-state index is -0.375. The molecular weight excluding hydrogens is 314 g/mol. The van der Waals surface area contributed by atoms with E-state index in [1.807, 2.05) is 0 Å². The van der Waals surface area contributed by atoms with E-state index in [4.69, 9.17) is 0 Å². The normalized spacial score (nSPS) is 10.7. The van der Waals surface area contributed by atoms with E-state index in [-0.39, 0.29) is 11.9 Å². The highest BCUT2D eigenvalue weighted by Crippen LogP contribution is 2.10. The molecule has 130 valence electrons. The Morgan fingerprint density at radius 2 is 1.60 bits per heavy atom. The molecule has 2 rings (SSSR count). The van der Waals surface area contributed by atoms with Crippen molar-refractivity contribution in [3.05, 3.63) is 76.9 Å². The van der Waals surface area contributed by atoms with E-state index in [1.165, 1.54) is 18.7 Å². The molecule has 0 atom stereocenters. The van der Waals surface area contributed by atoms with Crippen LogP contribution in [0.4, 0.5) is 0 Å². The third-order valence-electron chi connectivity index (χ3n) is 3.98. The van der Waals surface area contributed by atoms with Gasteiger partial charge in [0.05, 0.1) is 12.7 Å². The zero-order chi connectivity index (χ0) is 18.2. The molecule has 4 nitrogen and oxygen atoms in total. The Hall–Kier alpha value is -2.88. The number of carbonyl (C=O) groups is 2. The topological polar surface area (TPSA) is 46.6 Å². The van der Waals surface area contributed by atoms with E-state index < -0.39 is 0 Å². The molecule has 0 spiro atoms. The van der Waals surface area contributed by atoms with Crippen molar-refractivity contribution in [1.82, 2.24) is 4.90 Å². The first kappa shape index (κ1) is 18.5. The molecule has 0 aromatic heterocycles. The Morgan fingerprint density at radius 1 is 1.00 bits per heavy atom. The number of carbonyl (C=O) groups excluding carboxylic acids is 2. The van der Waals surface area contributed by atoms with E-state index in [1.54, 1.807) is 42.3 Å². The Bertz CT molecular complexity index is 746. The van der Waals surface area contributed by atoms with Gasteiger partial charge in [-0.1, -0.05) is 43.3 Å². The molecule has 25 heavy (non-hydrogen) atoms. The minimum absolute atomic E-state index is 0.0726. The predicted octanol–water partition coefficient (Wildman–Crippen LogP) is 3.71. The van der Waals surface area contributed by atoms with Crippen molar-refractivity contribution < 1.29 is 14.3 Å². The number of nitrogens with zero attached hydrogens (tertiary/aromatic N) is 1. The van der Waals surface area contributed by atoms with Crippen LogP contribution in [0.1, 0.15) is 34.0 Å². The molecule has 0 saturated heterocycles. The SMILES string of the molecule is CCc1ccc(CN(C)C(=O)C=Cc2ccc(C(=O)OC)cc2)cc1. The number of amides is 1. The zero-order valence-corrected chi connectivity index (χ0v) is 14.9.